The molecule has 0 aliphatic rings. The zero-order valence-electron chi connectivity index (χ0n) is 11.5. The number of rotatable bonds is 5. The van der Waals surface area contributed by atoms with Gasteiger partial charge in [0.05, 0.1) is 11.3 Å². The van der Waals surface area contributed by atoms with E-state index in [9.17, 15) is 9.59 Å². The number of aromatic amines is 1. The highest BCUT2D eigenvalue weighted by Crippen LogP contribution is 2.19. The zero-order valence-corrected chi connectivity index (χ0v) is 11.5. The smallest absolute Gasteiger partial charge is 0.337 e. The standard InChI is InChI=1S/C14H16N4O3/c1-18(11-5-3-2-4-10(11)13(19)20)14(21)17-7-6-12-15-8-9-16-12/h2-5,8-9H,6-7H2,1H3,(H,15,16)(H,17,21)(H,19,20). The maximum absolute atomic E-state index is 12.0. The molecular weight excluding hydrogens is 272 g/mol. The number of amides is 2. The fraction of sp³-hybridized carbons (Fsp3) is 0.214. The number of nitrogens with one attached hydrogen (secondary N) is 2. The minimum Gasteiger partial charge on any atom is -0.478 e. The van der Waals surface area contributed by atoms with Crippen LogP contribution in [0.4, 0.5) is 10.5 Å². The number of nitrogens with zero attached hydrogens (tertiary/aromatic N) is 2. The normalized spacial score (nSPS) is 10.1. The highest BCUT2D eigenvalue weighted by Gasteiger charge is 2.17. The van der Waals surface area contributed by atoms with E-state index in [1.54, 1.807) is 30.6 Å². The largest absolute Gasteiger partial charge is 0.478 e. The van der Waals surface area contributed by atoms with Crippen molar-refractivity contribution < 1.29 is 14.7 Å². The van der Waals surface area contributed by atoms with Crippen molar-refractivity contribution in [3.8, 4) is 0 Å². The average molecular weight is 288 g/mol. The number of aromatic nitrogens is 2. The van der Waals surface area contributed by atoms with Gasteiger partial charge in [-0.1, -0.05) is 12.1 Å². The predicted molar refractivity (Wildman–Crippen MR) is 77.5 cm³/mol. The number of carboxylic acids is 1. The van der Waals surface area contributed by atoms with Crippen molar-refractivity contribution in [2.75, 3.05) is 18.5 Å². The van der Waals surface area contributed by atoms with Crippen LogP contribution < -0.4 is 10.2 Å². The molecule has 0 radical (unpaired) electrons. The van der Waals surface area contributed by atoms with Gasteiger partial charge in [-0.2, -0.15) is 0 Å². The van der Waals surface area contributed by atoms with Crippen molar-refractivity contribution in [1.82, 2.24) is 15.3 Å². The highest BCUT2D eigenvalue weighted by atomic mass is 16.4. The van der Waals surface area contributed by atoms with E-state index in [4.69, 9.17) is 5.11 Å². The van der Waals surface area contributed by atoms with Gasteiger partial charge >= 0.3 is 12.0 Å². The minimum atomic E-state index is -1.07. The minimum absolute atomic E-state index is 0.0844. The molecule has 7 heteroatoms. The van der Waals surface area contributed by atoms with E-state index in [1.165, 1.54) is 18.0 Å². The Morgan fingerprint density at radius 3 is 2.81 bits per heavy atom. The van der Waals surface area contributed by atoms with Crippen molar-refractivity contribution in [1.29, 1.82) is 0 Å². The summed E-state index contributed by atoms with van der Waals surface area (Å²) in [6.07, 6.45) is 3.94. The Hall–Kier alpha value is -2.83. The summed E-state index contributed by atoms with van der Waals surface area (Å²) in [5.74, 6) is -0.287. The first-order valence-corrected chi connectivity index (χ1v) is 6.41. The molecule has 0 atom stereocenters. The number of H-pyrrole nitrogens is 1. The van der Waals surface area contributed by atoms with Crippen LogP contribution in [0, 0.1) is 0 Å². The first kappa shape index (κ1) is 14.6. The van der Waals surface area contributed by atoms with Crippen LogP contribution in [0.2, 0.25) is 0 Å². The third-order valence-corrected chi connectivity index (χ3v) is 2.99. The lowest BCUT2D eigenvalue weighted by Gasteiger charge is -2.19. The molecule has 0 unspecified atom stereocenters. The van der Waals surface area contributed by atoms with Crippen molar-refractivity contribution in [3.63, 3.8) is 0 Å². The Kier molecular flexibility index (Phi) is 4.55. The van der Waals surface area contributed by atoms with Crippen molar-refractivity contribution in [2.45, 2.75) is 6.42 Å². The number of urea groups is 1. The van der Waals surface area contributed by atoms with E-state index < -0.39 is 5.97 Å². The van der Waals surface area contributed by atoms with Crippen LogP contribution >= 0.6 is 0 Å². The molecule has 3 N–H and O–H groups in total. The summed E-state index contributed by atoms with van der Waals surface area (Å²) in [6, 6.07) is 6.00. The molecular formula is C14H16N4O3. The fourth-order valence-corrected chi connectivity index (χ4v) is 1.90. The third kappa shape index (κ3) is 3.59. The SMILES string of the molecule is CN(C(=O)NCCc1ncc[nH]1)c1ccccc1C(=O)O. The Morgan fingerprint density at radius 2 is 2.14 bits per heavy atom. The van der Waals surface area contributed by atoms with Crippen LogP contribution in [0.1, 0.15) is 16.2 Å². The maximum Gasteiger partial charge on any atom is 0.337 e. The summed E-state index contributed by atoms with van der Waals surface area (Å²) in [4.78, 5) is 31.5. The first-order chi connectivity index (χ1) is 10.1. The van der Waals surface area contributed by atoms with Crippen molar-refractivity contribution in [2.24, 2.45) is 0 Å². The van der Waals surface area contributed by atoms with Crippen LogP contribution in [-0.4, -0.2) is 40.7 Å². The van der Waals surface area contributed by atoms with E-state index in [0.29, 0.717) is 18.7 Å². The predicted octanol–water partition coefficient (Wildman–Crippen LogP) is 1.50. The van der Waals surface area contributed by atoms with Gasteiger partial charge in [0.15, 0.2) is 0 Å². The number of imidazole rings is 1. The molecule has 1 heterocycles. The molecule has 0 aliphatic heterocycles. The van der Waals surface area contributed by atoms with Crippen molar-refractivity contribution in [3.05, 3.63) is 48.0 Å². The molecule has 0 aliphatic carbocycles. The number of hydrogen-bond donors (Lipinski definition) is 3. The summed E-state index contributed by atoms with van der Waals surface area (Å²) in [6.45, 7) is 0.409. The number of para-hydroxylation sites is 1. The molecule has 0 spiro atoms. The summed E-state index contributed by atoms with van der Waals surface area (Å²) >= 11 is 0. The Bertz CT molecular complexity index is 625. The van der Waals surface area contributed by atoms with Gasteiger partial charge in [-0.25, -0.2) is 14.6 Å². The van der Waals surface area contributed by atoms with E-state index in [1.807, 2.05) is 0 Å². The number of carboxylic acid groups (broad SMARTS) is 1. The van der Waals surface area contributed by atoms with E-state index in [0.717, 1.165) is 5.82 Å². The molecule has 7 nitrogen and oxygen atoms in total. The zero-order chi connectivity index (χ0) is 15.2. The summed E-state index contributed by atoms with van der Waals surface area (Å²) < 4.78 is 0. The second kappa shape index (κ2) is 6.56. The Balaban J connectivity index is 1.97. The van der Waals surface area contributed by atoms with Gasteiger partial charge in [-0.3, -0.25) is 4.90 Å². The topological polar surface area (TPSA) is 98.3 Å². The van der Waals surface area contributed by atoms with Crippen LogP contribution in [0.3, 0.4) is 0 Å². The summed E-state index contributed by atoms with van der Waals surface area (Å²) in [5.41, 5.74) is 0.432. The van der Waals surface area contributed by atoms with Gasteiger partial charge in [-0.05, 0) is 12.1 Å². The number of carbonyl (C=O) groups is 2. The highest BCUT2D eigenvalue weighted by molar-refractivity contribution is 6.01. The molecule has 0 fully saturated rings. The van der Waals surface area contributed by atoms with Crippen LogP contribution in [0.25, 0.3) is 0 Å². The number of aromatic carboxylic acids is 1. The number of hydrogen-bond acceptors (Lipinski definition) is 3. The molecule has 0 saturated carbocycles. The molecule has 2 amide bonds. The second-order valence-corrected chi connectivity index (χ2v) is 4.40. The fourth-order valence-electron chi connectivity index (χ4n) is 1.90. The van der Waals surface area contributed by atoms with E-state index >= 15 is 0 Å². The lowest BCUT2D eigenvalue weighted by atomic mass is 10.1. The average Bonchev–Trinajstić information content (AvgIpc) is 2.99. The van der Waals surface area contributed by atoms with Gasteiger partial charge in [0.2, 0.25) is 0 Å². The molecule has 0 saturated heterocycles. The lowest BCUT2D eigenvalue weighted by molar-refractivity contribution is 0.0697. The number of carbonyl (C=O) groups excluding carboxylic acids is 1. The quantitative estimate of drug-likeness (QED) is 0.776. The summed E-state index contributed by atoms with van der Waals surface area (Å²) in [5, 5.41) is 11.8. The Labute approximate surface area is 121 Å². The Morgan fingerprint density at radius 1 is 1.38 bits per heavy atom. The van der Waals surface area contributed by atoms with Crippen LogP contribution in [0.5, 0.6) is 0 Å². The van der Waals surface area contributed by atoms with E-state index in [2.05, 4.69) is 15.3 Å². The monoisotopic (exact) mass is 288 g/mol. The maximum atomic E-state index is 12.0. The second-order valence-electron chi connectivity index (χ2n) is 4.40. The third-order valence-electron chi connectivity index (χ3n) is 2.99. The number of benzene rings is 1. The van der Waals surface area contributed by atoms with Crippen molar-refractivity contribution >= 4 is 17.7 Å². The molecule has 2 aromatic rings. The molecule has 2 rings (SSSR count). The molecule has 110 valence electrons. The van der Waals surface area contributed by atoms with Gasteiger partial charge in [0, 0.05) is 32.4 Å². The number of anilines is 1. The lowest BCUT2D eigenvalue weighted by Crippen LogP contribution is -2.39. The molecule has 1 aromatic heterocycles. The van der Waals surface area contributed by atoms with Gasteiger partial charge in [-0.15, -0.1) is 0 Å². The molecule has 1 aromatic carbocycles. The van der Waals surface area contributed by atoms with Crippen LogP contribution in [-0.2, 0) is 6.42 Å². The molecule has 21 heavy (non-hydrogen) atoms. The van der Waals surface area contributed by atoms with Gasteiger partial charge in [0.25, 0.3) is 0 Å². The van der Waals surface area contributed by atoms with Gasteiger partial charge < -0.3 is 15.4 Å². The van der Waals surface area contributed by atoms with Gasteiger partial charge in [0.1, 0.15) is 5.82 Å². The first-order valence-electron chi connectivity index (χ1n) is 6.41. The van der Waals surface area contributed by atoms with E-state index in [-0.39, 0.29) is 11.6 Å². The van der Waals surface area contributed by atoms with Crippen LogP contribution in [0.15, 0.2) is 36.7 Å². The molecule has 0 bridgehead atoms. The summed E-state index contributed by atoms with van der Waals surface area (Å²) in [7, 11) is 1.53.